The zero-order valence-corrected chi connectivity index (χ0v) is 18.5. The molecule has 0 unspecified atom stereocenters. The van der Waals surface area contributed by atoms with Crippen LogP contribution in [0.3, 0.4) is 0 Å². The third-order valence-electron chi connectivity index (χ3n) is 4.78. The van der Waals surface area contributed by atoms with Crippen molar-refractivity contribution in [3.05, 3.63) is 45.4 Å². The molecule has 2 rings (SSSR count). The largest absolute Gasteiger partial charge is 0.383 e. The van der Waals surface area contributed by atoms with Crippen LogP contribution in [0.2, 0.25) is 0 Å². The van der Waals surface area contributed by atoms with Gasteiger partial charge in [-0.05, 0) is 12.3 Å². The van der Waals surface area contributed by atoms with Gasteiger partial charge >= 0.3 is 5.69 Å². The number of anilines is 3. The fraction of sp³-hybridized carbons (Fsp3) is 0.524. The Hall–Kier alpha value is -3.10. The molecule has 0 saturated carbocycles. The van der Waals surface area contributed by atoms with Crippen LogP contribution in [-0.4, -0.2) is 36.1 Å². The Labute approximate surface area is 176 Å². The van der Waals surface area contributed by atoms with Crippen molar-refractivity contribution >= 4 is 23.1 Å². The van der Waals surface area contributed by atoms with E-state index in [1.807, 2.05) is 64.3 Å². The summed E-state index contributed by atoms with van der Waals surface area (Å²) in [6.45, 7) is 6.66. The first-order valence-corrected chi connectivity index (χ1v) is 10.2. The Morgan fingerprint density at radius 3 is 2.40 bits per heavy atom. The number of carbonyl (C=O) groups excluding carboxylic acids is 1. The van der Waals surface area contributed by atoms with Crippen LogP contribution < -0.4 is 31.3 Å². The van der Waals surface area contributed by atoms with Gasteiger partial charge in [0.1, 0.15) is 5.82 Å². The average Bonchev–Trinajstić information content (AvgIpc) is 2.67. The Balaban J connectivity index is 2.43. The van der Waals surface area contributed by atoms with E-state index in [4.69, 9.17) is 5.73 Å². The highest BCUT2D eigenvalue weighted by molar-refractivity contribution is 5.94. The second-order valence-corrected chi connectivity index (χ2v) is 8.02. The van der Waals surface area contributed by atoms with Gasteiger partial charge in [-0.1, -0.05) is 27.2 Å². The third kappa shape index (κ3) is 5.49. The second kappa shape index (κ2) is 10.1. The molecular formula is C21H33N6O3+. The van der Waals surface area contributed by atoms with E-state index in [1.165, 1.54) is 9.47 Å². The number of nitrogens with one attached hydrogen (secondary N) is 1. The smallest absolute Gasteiger partial charge is 0.330 e. The maximum Gasteiger partial charge on any atom is 0.330 e. The highest BCUT2D eigenvalue weighted by Crippen LogP contribution is 2.19. The summed E-state index contributed by atoms with van der Waals surface area (Å²) < 4.78 is 3.08. The van der Waals surface area contributed by atoms with Gasteiger partial charge in [-0.15, -0.1) is 0 Å². The molecule has 30 heavy (non-hydrogen) atoms. The number of aromatic nitrogens is 3. The molecule has 0 aliphatic heterocycles. The van der Waals surface area contributed by atoms with Gasteiger partial charge in [0.05, 0.1) is 0 Å². The van der Waals surface area contributed by atoms with Crippen LogP contribution in [-0.2, 0) is 17.9 Å². The first kappa shape index (κ1) is 23.2. The lowest BCUT2D eigenvalue weighted by Crippen LogP contribution is -2.48. The topological polar surface area (TPSA) is 108 Å². The van der Waals surface area contributed by atoms with Crippen LogP contribution >= 0.6 is 0 Å². The predicted octanol–water partition coefficient (Wildman–Crippen LogP) is 0.962. The average molecular weight is 418 g/mol. The SMILES string of the molecule is CCCCN(C(=O)C[n+]1ccc(N(C)C)cc1)c1c(N)n(CC(C)C)c(=O)[nH]c1=O. The summed E-state index contributed by atoms with van der Waals surface area (Å²) in [5, 5.41) is 0. The van der Waals surface area contributed by atoms with Crippen molar-refractivity contribution in [3.63, 3.8) is 0 Å². The van der Waals surface area contributed by atoms with Gasteiger partial charge in [0.25, 0.3) is 11.5 Å². The standard InChI is InChI=1S/C21H32N6O3/c1-6-7-10-26(17(28)14-25-11-8-16(9-12-25)24(4)5)18-19(22)27(13-15(2)3)21(30)23-20(18)29/h8-9,11-12,15H,6-7,10,13-14H2,1-5H3,(H2-,22,23,29,30)/p+1. The van der Waals surface area contributed by atoms with Gasteiger partial charge < -0.3 is 10.6 Å². The lowest BCUT2D eigenvalue weighted by Gasteiger charge is -2.24. The molecule has 0 atom stereocenters. The normalized spacial score (nSPS) is 11.0. The molecular weight excluding hydrogens is 384 g/mol. The van der Waals surface area contributed by atoms with Crippen LogP contribution in [0.4, 0.5) is 17.2 Å². The van der Waals surface area contributed by atoms with Gasteiger partial charge in [-0.2, -0.15) is 4.57 Å². The van der Waals surface area contributed by atoms with Crippen LogP contribution in [0.25, 0.3) is 0 Å². The van der Waals surface area contributed by atoms with Crippen molar-refractivity contribution < 1.29 is 9.36 Å². The Morgan fingerprint density at radius 2 is 1.87 bits per heavy atom. The molecule has 0 bridgehead atoms. The number of carbonyl (C=O) groups is 1. The molecule has 1 amide bonds. The Morgan fingerprint density at radius 1 is 1.23 bits per heavy atom. The summed E-state index contributed by atoms with van der Waals surface area (Å²) >= 11 is 0. The number of amides is 1. The number of rotatable bonds is 9. The summed E-state index contributed by atoms with van der Waals surface area (Å²) in [6, 6.07) is 3.82. The van der Waals surface area contributed by atoms with Crippen molar-refractivity contribution in [3.8, 4) is 0 Å². The molecule has 9 nitrogen and oxygen atoms in total. The van der Waals surface area contributed by atoms with E-state index in [1.54, 1.807) is 4.57 Å². The molecule has 9 heteroatoms. The molecule has 164 valence electrons. The number of pyridine rings is 1. The van der Waals surface area contributed by atoms with E-state index < -0.39 is 11.2 Å². The quantitative estimate of drug-likeness (QED) is 0.591. The van der Waals surface area contributed by atoms with Gasteiger partial charge in [-0.25, -0.2) is 4.79 Å². The Kier molecular flexibility index (Phi) is 7.79. The molecule has 3 N–H and O–H groups in total. The fourth-order valence-electron chi connectivity index (χ4n) is 3.16. The van der Waals surface area contributed by atoms with Crippen LogP contribution in [0.5, 0.6) is 0 Å². The van der Waals surface area contributed by atoms with Crippen molar-refractivity contribution in [1.29, 1.82) is 0 Å². The number of nitrogens with two attached hydrogens (primary N) is 1. The fourth-order valence-corrected chi connectivity index (χ4v) is 3.16. The number of hydrogen-bond donors (Lipinski definition) is 2. The summed E-state index contributed by atoms with van der Waals surface area (Å²) in [7, 11) is 3.89. The number of hydrogen-bond acceptors (Lipinski definition) is 5. The highest BCUT2D eigenvalue weighted by Gasteiger charge is 2.26. The summed E-state index contributed by atoms with van der Waals surface area (Å²) in [5.41, 5.74) is 6.08. The van der Waals surface area contributed by atoms with Crippen molar-refractivity contribution in [2.24, 2.45) is 5.92 Å². The number of aromatic amines is 1. The summed E-state index contributed by atoms with van der Waals surface area (Å²) in [5.74, 6) is -0.0952. The minimum Gasteiger partial charge on any atom is -0.383 e. The van der Waals surface area contributed by atoms with Gasteiger partial charge in [0.2, 0.25) is 6.54 Å². The van der Waals surface area contributed by atoms with E-state index in [0.29, 0.717) is 19.5 Å². The predicted molar refractivity (Wildman–Crippen MR) is 119 cm³/mol. The molecule has 0 spiro atoms. The number of nitrogens with zero attached hydrogens (tertiary/aromatic N) is 4. The van der Waals surface area contributed by atoms with Gasteiger partial charge in [-0.3, -0.25) is 24.0 Å². The molecule has 0 aromatic carbocycles. The lowest BCUT2D eigenvalue weighted by atomic mass is 10.2. The number of unbranched alkanes of at least 4 members (excludes halogenated alkanes) is 1. The van der Waals surface area contributed by atoms with Crippen molar-refractivity contribution in [1.82, 2.24) is 9.55 Å². The lowest BCUT2D eigenvalue weighted by molar-refractivity contribution is -0.684. The highest BCUT2D eigenvalue weighted by atomic mass is 16.2. The number of H-pyrrole nitrogens is 1. The molecule has 0 radical (unpaired) electrons. The molecule has 2 aromatic heterocycles. The molecule has 0 saturated heterocycles. The molecule has 0 aliphatic carbocycles. The Bertz CT molecular complexity index is 976. The van der Waals surface area contributed by atoms with Crippen LogP contribution in [0, 0.1) is 5.92 Å². The minimum absolute atomic E-state index is 0.0230. The van der Waals surface area contributed by atoms with Crippen LogP contribution in [0.1, 0.15) is 33.6 Å². The van der Waals surface area contributed by atoms with Crippen molar-refractivity contribution in [2.45, 2.75) is 46.7 Å². The first-order chi connectivity index (χ1) is 14.1. The monoisotopic (exact) mass is 417 g/mol. The summed E-state index contributed by atoms with van der Waals surface area (Å²) in [6.07, 6.45) is 5.19. The van der Waals surface area contributed by atoms with E-state index in [9.17, 15) is 14.4 Å². The van der Waals surface area contributed by atoms with E-state index in [-0.39, 0.29) is 29.9 Å². The zero-order chi connectivity index (χ0) is 22.4. The number of nitrogen functional groups attached to an aromatic ring is 1. The second-order valence-electron chi connectivity index (χ2n) is 8.02. The van der Waals surface area contributed by atoms with Gasteiger partial charge in [0, 0.05) is 45.0 Å². The van der Waals surface area contributed by atoms with E-state index in [2.05, 4.69) is 4.98 Å². The molecule has 0 fully saturated rings. The maximum absolute atomic E-state index is 13.2. The molecule has 2 aromatic rings. The molecule has 0 aliphatic rings. The zero-order valence-electron chi connectivity index (χ0n) is 18.5. The third-order valence-corrected chi connectivity index (χ3v) is 4.78. The summed E-state index contributed by atoms with van der Waals surface area (Å²) in [4.78, 5) is 43.7. The van der Waals surface area contributed by atoms with E-state index >= 15 is 0 Å². The minimum atomic E-state index is -0.644. The maximum atomic E-state index is 13.2. The first-order valence-electron chi connectivity index (χ1n) is 10.2. The van der Waals surface area contributed by atoms with Gasteiger partial charge in [0.15, 0.2) is 18.1 Å². The van der Waals surface area contributed by atoms with Crippen LogP contribution in [0.15, 0.2) is 34.1 Å². The van der Waals surface area contributed by atoms with Crippen molar-refractivity contribution in [2.75, 3.05) is 36.2 Å². The molecule has 2 heterocycles. The van der Waals surface area contributed by atoms with E-state index in [0.717, 1.165) is 12.1 Å².